The minimum Gasteiger partial charge on any atom is -0.307 e. The second-order valence-corrected chi connectivity index (χ2v) is 5.45. The monoisotopic (exact) mass is 323 g/mol. The highest BCUT2D eigenvalue weighted by Crippen LogP contribution is 2.19. The molecule has 0 saturated heterocycles. The van der Waals surface area contributed by atoms with E-state index >= 15 is 0 Å². The third-order valence-corrected chi connectivity index (χ3v) is 3.59. The average molecular weight is 324 g/mol. The third-order valence-electron chi connectivity index (χ3n) is 3.37. The number of nitrogens with zero attached hydrogens (tertiary/aromatic N) is 2. The van der Waals surface area contributed by atoms with Crippen molar-refractivity contribution in [2.45, 2.75) is 6.92 Å². The molecule has 0 fully saturated rings. The summed E-state index contributed by atoms with van der Waals surface area (Å²) in [7, 11) is 0. The Kier molecular flexibility index (Phi) is 4.35. The van der Waals surface area contributed by atoms with Crippen LogP contribution in [0.25, 0.3) is 11.3 Å². The number of carbonyl (C=O) groups excluding carboxylic acids is 1. The van der Waals surface area contributed by atoms with Crippen molar-refractivity contribution in [3.8, 4) is 11.3 Å². The maximum atomic E-state index is 12.3. The van der Waals surface area contributed by atoms with Crippen LogP contribution in [0.15, 0.2) is 60.8 Å². The summed E-state index contributed by atoms with van der Waals surface area (Å²) >= 11 is 5.78. The zero-order valence-electron chi connectivity index (χ0n) is 12.5. The van der Waals surface area contributed by atoms with Gasteiger partial charge in [0.1, 0.15) is 5.82 Å². The van der Waals surface area contributed by atoms with Gasteiger partial charge in [0.2, 0.25) is 0 Å². The van der Waals surface area contributed by atoms with Gasteiger partial charge in [0.25, 0.3) is 5.91 Å². The van der Waals surface area contributed by atoms with E-state index in [1.807, 2.05) is 43.3 Å². The van der Waals surface area contributed by atoms with E-state index in [0.29, 0.717) is 22.1 Å². The van der Waals surface area contributed by atoms with Gasteiger partial charge in [0, 0.05) is 11.8 Å². The van der Waals surface area contributed by atoms with Crippen LogP contribution in [0, 0.1) is 6.92 Å². The number of pyridine rings is 2. The average Bonchev–Trinajstić information content (AvgIpc) is 2.57. The molecule has 2 heterocycles. The molecule has 0 aliphatic carbocycles. The van der Waals surface area contributed by atoms with Crippen LogP contribution in [0.5, 0.6) is 0 Å². The fraction of sp³-hybridized carbons (Fsp3) is 0.0556. The van der Waals surface area contributed by atoms with Crippen molar-refractivity contribution in [2.75, 3.05) is 5.32 Å². The molecule has 0 atom stereocenters. The zero-order valence-corrected chi connectivity index (χ0v) is 13.2. The first-order valence-electron chi connectivity index (χ1n) is 7.09. The van der Waals surface area contributed by atoms with E-state index in [1.54, 1.807) is 18.2 Å². The van der Waals surface area contributed by atoms with Gasteiger partial charge in [0.15, 0.2) is 0 Å². The van der Waals surface area contributed by atoms with Crippen molar-refractivity contribution in [1.29, 1.82) is 0 Å². The number of aromatic nitrogens is 2. The molecule has 0 bridgehead atoms. The first-order chi connectivity index (χ1) is 11.1. The third kappa shape index (κ3) is 3.55. The molecule has 2 aromatic heterocycles. The maximum absolute atomic E-state index is 12.3. The molecule has 0 radical (unpaired) electrons. The van der Waals surface area contributed by atoms with Crippen LogP contribution < -0.4 is 5.32 Å². The molecule has 1 aromatic carbocycles. The van der Waals surface area contributed by atoms with Gasteiger partial charge in [-0.1, -0.05) is 41.9 Å². The highest BCUT2D eigenvalue weighted by Gasteiger charge is 2.12. The van der Waals surface area contributed by atoms with Gasteiger partial charge in [0.05, 0.1) is 22.0 Å². The van der Waals surface area contributed by atoms with Crippen LogP contribution in [-0.4, -0.2) is 15.9 Å². The molecule has 1 amide bonds. The molecule has 4 nitrogen and oxygen atoms in total. The van der Waals surface area contributed by atoms with E-state index < -0.39 is 0 Å². The Morgan fingerprint density at radius 2 is 1.83 bits per heavy atom. The summed E-state index contributed by atoms with van der Waals surface area (Å²) in [6, 6.07) is 16.8. The highest BCUT2D eigenvalue weighted by atomic mass is 35.5. The van der Waals surface area contributed by atoms with E-state index in [0.717, 1.165) is 11.3 Å². The molecule has 0 saturated carbocycles. The summed E-state index contributed by atoms with van der Waals surface area (Å²) in [6.07, 6.45) is 1.49. The molecule has 3 aromatic rings. The summed E-state index contributed by atoms with van der Waals surface area (Å²) in [5.74, 6) is 0.204. The molecule has 1 N–H and O–H groups in total. The molecule has 5 heteroatoms. The number of aryl methyl sites for hydroxylation is 1. The van der Waals surface area contributed by atoms with Crippen molar-refractivity contribution >= 4 is 23.3 Å². The zero-order chi connectivity index (χ0) is 16.2. The highest BCUT2D eigenvalue weighted by molar-refractivity contribution is 6.30. The van der Waals surface area contributed by atoms with E-state index in [1.165, 1.54) is 6.20 Å². The number of benzene rings is 1. The number of carbonyl (C=O) groups is 1. The Labute approximate surface area is 139 Å². The molecule has 0 unspecified atom stereocenters. The molecule has 114 valence electrons. The first kappa shape index (κ1) is 15.2. The lowest BCUT2D eigenvalue weighted by molar-refractivity contribution is 0.102. The number of halogens is 1. The second kappa shape index (κ2) is 6.58. The molecular weight excluding hydrogens is 310 g/mol. The van der Waals surface area contributed by atoms with E-state index in [2.05, 4.69) is 15.3 Å². The largest absolute Gasteiger partial charge is 0.307 e. The van der Waals surface area contributed by atoms with Gasteiger partial charge in [-0.2, -0.15) is 0 Å². The fourth-order valence-electron chi connectivity index (χ4n) is 2.20. The summed E-state index contributed by atoms with van der Waals surface area (Å²) in [6.45, 7) is 1.82. The number of amides is 1. The SMILES string of the molecule is Cc1nc(-c2ccccc2)ccc1C(=O)Nc1ccc(Cl)cn1. The van der Waals surface area contributed by atoms with E-state index in [4.69, 9.17) is 11.6 Å². The summed E-state index contributed by atoms with van der Waals surface area (Å²) < 4.78 is 0. The van der Waals surface area contributed by atoms with Crippen LogP contribution in [0.4, 0.5) is 5.82 Å². The van der Waals surface area contributed by atoms with Gasteiger partial charge in [-0.25, -0.2) is 4.98 Å². The Morgan fingerprint density at radius 3 is 2.48 bits per heavy atom. The Balaban J connectivity index is 1.83. The Morgan fingerprint density at radius 1 is 1.04 bits per heavy atom. The van der Waals surface area contributed by atoms with Gasteiger partial charge in [-0.05, 0) is 31.2 Å². The second-order valence-electron chi connectivity index (χ2n) is 5.01. The molecule has 3 rings (SSSR count). The first-order valence-corrected chi connectivity index (χ1v) is 7.47. The van der Waals surface area contributed by atoms with Crippen LogP contribution >= 0.6 is 11.6 Å². The summed E-state index contributed by atoms with van der Waals surface area (Å²) in [5, 5.41) is 3.26. The molecule has 0 aliphatic heterocycles. The van der Waals surface area contributed by atoms with Crippen molar-refractivity contribution in [2.24, 2.45) is 0 Å². The number of nitrogens with one attached hydrogen (secondary N) is 1. The maximum Gasteiger partial charge on any atom is 0.258 e. The van der Waals surface area contributed by atoms with Crippen LogP contribution in [0.1, 0.15) is 16.1 Å². The van der Waals surface area contributed by atoms with Crippen molar-refractivity contribution in [1.82, 2.24) is 9.97 Å². The minimum atomic E-state index is -0.246. The van der Waals surface area contributed by atoms with Gasteiger partial charge in [-0.15, -0.1) is 0 Å². The predicted molar refractivity (Wildman–Crippen MR) is 91.6 cm³/mol. The number of hydrogen-bond acceptors (Lipinski definition) is 3. The van der Waals surface area contributed by atoms with Gasteiger partial charge >= 0.3 is 0 Å². The number of hydrogen-bond donors (Lipinski definition) is 1. The smallest absolute Gasteiger partial charge is 0.258 e. The van der Waals surface area contributed by atoms with E-state index in [9.17, 15) is 4.79 Å². The van der Waals surface area contributed by atoms with E-state index in [-0.39, 0.29) is 5.91 Å². The van der Waals surface area contributed by atoms with Crippen molar-refractivity contribution in [3.63, 3.8) is 0 Å². The van der Waals surface area contributed by atoms with Gasteiger partial charge in [-0.3, -0.25) is 9.78 Å². The quantitative estimate of drug-likeness (QED) is 0.779. The topological polar surface area (TPSA) is 54.9 Å². The van der Waals surface area contributed by atoms with Crippen LogP contribution in [-0.2, 0) is 0 Å². The molecule has 0 spiro atoms. The Hall–Kier alpha value is -2.72. The minimum absolute atomic E-state index is 0.246. The lowest BCUT2D eigenvalue weighted by Gasteiger charge is -2.08. The summed E-state index contributed by atoms with van der Waals surface area (Å²) in [5.41, 5.74) is 3.03. The van der Waals surface area contributed by atoms with Crippen LogP contribution in [0.2, 0.25) is 5.02 Å². The number of rotatable bonds is 3. The molecular formula is C18H14ClN3O. The number of anilines is 1. The molecule has 0 aliphatic rings. The lowest BCUT2D eigenvalue weighted by Crippen LogP contribution is -2.15. The van der Waals surface area contributed by atoms with Gasteiger partial charge < -0.3 is 5.32 Å². The Bertz CT molecular complexity index is 833. The lowest BCUT2D eigenvalue weighted by atomic mass is 10.1. The van der Waals surface area contributed by atoms with Crippen LogP contribution in [0.3, 0.4) is 0 Å². The van der Waals surface area contributed by atoms with Crippen molar-refractivity contribution < 1.29 is 4.79 Å². The fourth-order valence-corrected chi connectivity index (χ4v) is 2.32. The van der Waals surface area contributed by atoms with Crippen molar-refractivity contribution in [3.05, 3.63) is 77.1 Å². The predicted octanol–water partition coefficient (Wildman–Crippen LogP) is 4.36. The standard InChI is InChI=1S/C18H14ClN3O/c1-12-15(18(23)22-17-10-7-14(19)11-20-17)8-9-16(21-12)13-5-3-2-4-6-13/h2-11H,1H3,(H,20,22,23). The molecule has 23 heavy (non-hydrogen) atoms. The normalized spacial score (nSPS) is 10.3. The summed E-state index contributed by atoms with van der Waals surface area (Å²) in [4.78, 5) is 20.9.